The van der Waals surface area contributed by atoms with Crippen LogP contribution in [0.2, 0.25) is 0 Å². The lowest BCUT2D eigenvalue weighted by atomic mass is 10.0. The summed E-state index contributed by atoms with van der Waals surface area (Å²) < 4.78 is 39.8. The van der Waals surface area contributed by atoms with Gasteiger partial charge in [0.05, 0.1) is 0 Å². The van der Waals surface area contributed by atoms with Crippen LogP contribution >= 0.6 is 0 Å². The molecule has 20 heavy (non-hydrogen) atoms. The third-order valence-electron chi connectivity index (χ3n) is 2.87. The second kappa shape index (κ2) is 7.94. The number of ether oxygens (including phenoxy) is 1. The molecule has 0 heterocycles. The number of allylic oxidation sites excluding steroid dienone is 1. The van der Waals surface area contributed by atoms with Crippen molar-refractivity contribution < 1.29 is 17.9 Å². The fourth-order valence-corrected chi connectivity index (χ4v) is 1.79. The van der Waals surface area contributed by atoms with Gasteiger partial charge in [-0.15, -0.1) is 19.8 Å². The molecule has 0 aliphatic carbocycles. The van der Waals surface area contributed by atoms with Crippen LogP contribution in [0.1, 0.15) is 25.3 Å². The Hall–Kier alpha value is -1.49. The van der Waals surface area contributed by atoms with Gasteiger partial charge in [-0.3, -0.25) is 0 Å². The molecule has 0 saturated heterocycles. The standard InChI is InChI=1S/C15H20F3NO/c1-3-4-12(2)9-10-19-11-13-5-7-14(8-6-13)20-15(16,17)18/h3,5-8,12,19H,1,4,9-11H2,2H3. The molecule has 0 radical (unpaired) electrons. The van der Waals surface area contributed by atoms with E-state index in [0.29, 0.717) is 12.5 Å². The summed E-state index contributed by atoms with van der Waals surface area (Å²) in [5, 5.41) is 3.26. The Morgan fingerprint density at radius 1 is 1.30 bits per heavy atom. The zero-order valence-corrected chi connectivity index (χ0v) is 11.5. The van der Waals surface area contributed by atoms with Crippen LogP contribution in [-0.2, 0) is 6.54 Å². The number of alkyl halides is 3. The predicted molar refractivity (Wildman–Crippen MR) is 73.4 cm³/mol. The monoisotopic (exact) mass is 287 g/mol. The zero-order valence-electron chi connectivity index (χ0n) is 11.5. The Kier molecular flexibility index (Phi) is 6.58. The number of nitrogens with one attached hydrogen (secondary N) is 1. The third kappa shape index (κ3) is 7.19. The van der Waals surface area contributed by atoms with Gasteiger partial charge in [0.25, 0.3) is 0 Å². The van der Waals surface area contributed by atoms with Crippen LogP contribution in [0.5, 0.6) is 5.75 Å². The average Bonchev–Trinajstić information content (AvgIpc) is 2.35. The SMILES string of the molecule is C=CCC(C)CCNCc1ccc(OC(F)(F)F)cc1. The first-order valence-electron chi connectivity index (χ1n) is 6.57. The lowest BCUT2D eigenvalue weighted by molar-refractivity contribution is -0.274. The molecule has 0 amide bonds. The summed E-state index contributed by atoms with van der Waals surface area (Å²) in [7, 11) is 0. The molecule has 0 aliphatic rings. The second-order valence-electron chi connectivity index (χ2n) is 4.79. The molecule has 1 unspecified atom stereocenters. The van der Waals surface area contributed by atoms with Gasteiger partial charge in [-0.25, -0.2) is 0 Å². The summed E-state index contributed by atoms with van der Waals surface area (Å²) in [6, 6.07) is 5.90. The van der Waals surface area contributed by atoms with Crippen molar-refractivity contribution in [3.63, 3.8) is 0 Å². The zero-order chi connectivity index (χ0) is 15.0. The maximum Gasteiger partial charge on any atom is 0.573 e. The normalized spacial score (nSPS) is 13.0. The van der Waals surface area contributed by atoms with Crippen molar-refractivity contribution in [2.75, 3.05) is 6.54 Å². The van der Waals surface area contributed by atoms with Crippen molar-refractivity contribution in [2.24, 2.45) is 5.92 Å². The maximum atomic E-state index is 12.0. The molecule has 0 aliphatic heterocycles. The van der Waals surface area contributed by atoms with Gasteiger partial charge in [-0.1, -0.05) is 25.1 Å². The van der Waals surface area contributed by atoms with Gasteiger partial charge in [-0.05, 0) is 43.0 Å². The highest BCUT2D eigenvalue weighted by Gasteiger charge is 2.30. The van der Waals surface area contributed by atoms with E-state index in [-0.39, 0.29) is 5.75 Å². The summed E-state index contributed by atoms with van der Waals surface area (Å²) in [5.41, 5.74) is 0.927. The molecule has 0 bridgehead atoms. The minimum atomic E-state index is -4.64. The van der Waals surface area contributed by atoms with Crippen LogP contribution in [0.25, 0.3) is 0 Å². The highest BCUT2D eigenvalue weighted by molar-refractivity contribution is 5.27. The number of rotatable bonds is 8. The topological polar surface area (TPSA) is 21.3 Å². The lowest BCUT2D eigenvalue weighted by Gasteiger charge is -2.11. The molecule has 1 rings (SSSR count). The molecule has 1 aromatic rings. The first-order valence-corrected chi connectivity index (χ1v) is 6.57. The average molecular weight is 287 g/mol. The highest BCUT2D eigenvalue weighted by Crippen LogP contribution is 2.22. The molecule has 1 aromatic carbocycles. The fourth-order valence-electron chi connectivity index (χ4n) is 1.79. The largest absolute Gasteiger partial charge is 0.573 e. The van der Waals surface area contributed by atoms with Gasteiger partial charge in [-0.2, -0.15) is 0 Å². The van der Waals surface area contributed by atoms with Crippen LogP contribution in [0.15, 0.2) is 36.9 Å². The summed E-state index contributed by atoms with van der Waals surface area (Å²) in [6.07, 6.45) is -0.697. The first kappa shape index (κ1) is 16.6. The Morgan fingerprint density at radius 3 is 2.50 bits per heavy atom. The molecule has 112 valence electrons. The van der Waals surface area contributed by atoms with Crippen LogP contribution in [0, 0.1) is 5.92 Å². The Bertz CT molecular complexity index is 401. The van der Waals surface area contributed by atoms with E-state index >= 15 is 0 Å². The number of hydrogen-bond donors (Lipinski definition) is 1. The van der Waals surface area contributed by atoms with E-state index in [1.54, 1.807) is 12.1 Å². The molecule has 0 spiro atoms. The first-order chi connectivity index (χ1) is 9.40. The van der Waals surface area contributed by atoms with Gasteiger partial charge in [0.1, 0.15) is 5.75 Å². The van der Waals surface area contributed by atoms with E-state index in [9.17, 15) is 13.2 Å². The predicted octanol–water partition coefficient (Wildman–Crippen LogP) is 4.28. The van der Waals surface area contributed by atoms with Crippen molar-refractivity contribution in [2.45, 2.75) is 32.7 Å². The summed E-state index contributed by atoms with van der Waals surface area (Å²) in [6.45, 7) is 7.36. The molecule has 2 nitrogen and oxygen atoms in total. The molecule has 0 aromatic heterocycles. The van der Waals surface area contributed by atoms with Crippen LogP contribution in [-0.4, -0.2) is 12.9 Å². The Morgan fingerprint density at radius 2 is 1.95 bits per heavy atom. The number of benzene rings is 1. The Labute approximate surface area is 117 Å². The smallest absolute Gasteiger partial charge is 0.406 e. The van der Waals surface area contributed by atoms with Crippen molar-refractivity contribution in [1.29, 1.82) is 0 Å². The molecular formula is C15H20F3NO. The van der Waals surface area contributed by atoms with E-state index in [1.807, 2.05) is 6.08 Å². The van der Waals surface area contributed by atoms with Gasteiger partial charge < -0.3 is 10.1 Å². The van der Waals surface area contributed by atoms with Crippen LogP contribution in [0.4, 0.5) is 13.2 Å². The summed E-state index contributed by atoms with van der Waals surface area (Å²) in [4.78, 5) is 0. The second-order valence-corrected chi connectivity index (χ2v) is 4.79. The van der Waals surface area contributed by atoms with Crippen molar-refractivity contribution in [3.8, 4) is 5.75 Å². The number of halogens is 3. The highest BCUT2D eigenvalue weighted by atomic mass is 19.4. The van der Waals surface area contributed by atoms with E-state index in [4.69, 9.17) is 0 Å². The van der Waals surface area contributed by atoms with Gasteiger partial charge >= 0.3 is 6.36 Å². The minimum Gasteiger partial charge on any atom is -0.406 e. The van der Waals surface area contributed by atoms with Crippen molar-refractivity contribution in [1.82, 2.24) is 5.32 Å². The summed E-state index contributed by atoms with van der Waals surface area (Å²) in [5.74, 6) is 0.392. The van der Waals surface area contributed by atoms with Crippen LogP contribution in [0.3, 0.4) is 0 Å². The number of hydrogen-bond acceptors (Lipinski definition) is 2. The fraction of sp³-hybridized carbons (Fsp3) is 0.467. The molecular weight excluding hydrogens is 267 g/mol. The van der Waals surface area contributed by atoms with E-state index in [0.717, 1.165) is 24.9 Å². The summed E-state index contributed by atoms with van der Waals surface area (Å²) >= 11 is 0. The molecule has 1 N–H and O–H groups in total. The van der Waals surface area contributed by atoms with Crippen LogP contribution < -0.4 is 10.1 Å². The molecule has 0 fully saturated rings. The van der Waals surface area contributed by atoms with Crippen molar-refractivity contribution >= 4 is 0 Å². The van der Waals surface area contributed by atoms with Gasteiger partial charge in [0.15, 0.2) is 0 Å². The molecule has 0 saturated carbocycles. The Balaban J connectivity index is 2.30. The van der Waals surface area contributed by atoms with Crippen molar-refractivity contribution in [3.05, 3.63) is 42.5 Å². The third-order valence-corrected chi connectivity index (χ3v) is 2.87. The molecule has 5 heteroatoms. The van der Waals surface area contributed by atoms with Gasteiger partial charge in [0, 0.05) is 6.54 Å². The maximum absolute atomic E-state index is 12.0. The quantitative estimate of drug-likeness (QED) is 0.569. The van der Waals surface area contributed by atoms with E-state index in [2.05, 4.69) is 23.6 Å². The molecule has 1 atom stereocenters. The van der Waals surface area contributed by atoms with E-state index in [1.165, 1.54) is 12.1 Å². The minimum absolute atomic E-state index is 0.194. The van der Waals surface area contributed by atoms with Gasteiger partial charge in [0.2, 0.25) is 0 Å². The van der Waals surface area contributed by atoms with E-state index < -0.39 is 6.36 Å². The lowest BCUT2D eigenvalue weighted by Crippen LogP contribution is -2.18.